The maximum absolute atomic E-state index is 12.2. The lowest BCUT2D eigenvalue weighted by atomic mass is 10.1. The third kappa shape index (κ3) is 4.01. The van der Waals surface area contributed by atoms with Crippen LogP contribution in [0.2, 0.25) is 5.02 Å². The van der Waals surface area contributed by atoms with Gasteiger partial charge in [0.1, 0.15) is 12.4 Å². The lowest BCUT2D eigenvalue weighted by Gasteiger charge is -2.09. The third-order valence-corrected chi connectivity index (χ3v) is 3.11. The molecule has 1 amide bonds. The molecular weight excluding hydrogens is 286 g/mol. The van der Waals surface area contributed by atoms with Crippen LogP contribution in [0.3, 0.4) is 0 Å². The molecule has 0 saturated heterocycles. The van der Waals surface area contributed by atoms with Crippen LogP contribution in [0.15, 0.2) is 42.5 Å². The second kappa shape index (κ2) is 6.83. The first-order chi connectivity index (χ1) is 10.1. The lowest BCUT2D eigenvalue weighted by molar-refractivity contribution is 0.102. The van der Waals surface area contributed by atoms with Gasteiger partial charge in [0, 0.05) is 16.3 Å². The van der Waals surface area contributed by atoms with Crippen molar-refractivity contribution in [3.8, 4) is 18.1 Å². The molecule has 2 aromatic carbocycles. The summed E-state index contributed by atoms with van der Waals surface area (Å²) in [6.45, 7) is 2.09. The molecule has 0 unspecified atom stereocenters. The fraction of sp³-hybridized carbons (Fsp3) is 0.118. The van der Waals surface area contributed by atoms with Crippen LogP contribution >= 0.6 is 11.6 Å². The quantitative estimate of drug-likeness (QED) is 0.869. The third-order valence-electron chi connectivity index (χ3n) is 2.88. The Balaban J connectivity index is 2.08. The molecule has 0 aliphatic carbocycles. The summed E-state index contributed by atoms with van der Waals surface area (Å²) in [6, 6.07) is 12.1. The zero-order chi connectivity index (χ0) is 15.2. The summed E-state index contributed by atoms with van der Waals surface area (Å²) in [4.78, 5) is 12.2. The predicted octanol–water partition coefficient (Wildman–Crippen LogP) is 3.91. The van der Waals surface area contributed by atoms with Crippen molar-refractivity contribution in [1.29, 1.82) is 0 Å². The van der Waals surface area contributed by atoms with Crippen molar-refractivity contribution >= 4 is 23.2 Å². The van der Waals surface area contributed by atoms with Crippen molar-refractivity contribution in [3.63, 3.8) is 0 Å². The van der Waals surface area contributed by atoms with Gasteiger partial charge in [-0.05, 0) is 55.0 Å². The van der Waals surface area contributed by atoms with Gasteiger partial charge in [0.25, 0.3) is 5.91 Å². The molecule has 0 aromatic heterocycles. The van der Waals surface area contributed by atoms with Crippen LogP contribution in [-0.4, -0.2) is 12.5 Å². The Morgan fingerprint density at radius 3 is 2.62 bits per heavy atom. The van der Waals surface area contributed by atoms with E-state index in [-0.39, 0.29) is 12.5 Å². The Kier molecular flexibility index (Phi) is 4.86. The van der Waals surface area contributed by atoms with E-state index in [0.29, 0.717) is 16.3 Å². The van der Waals surface area contributed by atoms with Gasteiger partial charge in [-0.15, -0.1) is 6.42 Å². The number of halogens is 1. The summed E-state index contributed by atoms with van der Waals surface area (Å²) in [5, 5.41) is 3.48. The van der Waals surface area contributed by atoms with Crippen molar-refractivity contribution in [1.82, 2.24) is 0 Å². The van der Waals surface area contributed by atoms with Crippen molar-refractivity contribution in [2.75, 3.05) is 11.9 Å². The number of amides is 1. The molecule has 0 saturated carbocycles. The van der Waals surface area contributed by atoms with Gasteiger partial charge in [-0.25, -0.2) is 0 Å². The number of terminal acetylenes is 1. The SMILES string of the molecule is C#CCOc1ccc(C(=O)Nc2ccc(Cl)cc2C)cc1. The molecule has 0 fully saturated rings. The zero-order valence-electron chi connectivity index (χ0n) is 11.5. The standard InChI is InChI=1S/C17H14ClNO2/c1-3-10-21-15-7-4-13(5-8-15)17(20)19-16-9-6-14(18)11-12(16)2/h1,4-9,11H,10H2,2H3,(H,19,20). The van der Waals surface area contributed by atoms with Crippen molar-refractivity contribution in [2.45, 2.75) is 6.92 Å². The minimum absolute atomic E-state index is 0.191. The number of nitrogens with one attached hydrogen (secondary N) is 1. The van der Waals surface area contributed by atoms with Crippen LogP contribution in [0.25, 0.3) is 0 Å². The molecule has 0 aliphatic rings. The average molecular weight is 300 g/mol. The van der Waals surface area contributed by atoms with Crippen LogP contribution in [0.5, 0.6) is 5.75 Å². The van der Waals surface area contributed by atoms with Crippen LogP contribution < -0.4 is 10.1 Å². The van der Waals surface area contributed by atoms with Crippen LogP contribution in [0, 0.1) is 19.3 Å². The lowest BCUT2D eigenvalue weighted by Crippen LogP contribution is -2.12. The molecule has 0 spiro atoms. The molecule has 21 heavy (non-hydrogen) atoms. The number of rotatable bonds is 4. The van der Waals surface area contributed by atoms with E-state index < -0.39 is 0 Å². The van der Waals surface area contributed by atoms with E-state index >= 15 is 0 Å². The van der Waals surface area contributed by atoms with Crippen LogP contribution in [0.4, 0.5) is 5.69 Å². The maximum Gasteiger partial charge on any atom is 0.255 e. The van der Waals surface area contributed by atoms with Crippen LogP contribution in [0.1, 0.15) is 15.9 Å². The Morgan fingerprint density at radius 1 is 1.29 bits per heavy atom. The number of hydrogen-bond donors (Lipinski definition) is 1. The van der Waals surface area contributed by atoms with Gasteiger partial charge < -0.3 is 10.1 Å². The first-order valence-electron chi connectivity index (χ1n) is 6.34. The highest BCUT2D eigenvalue weighted by molar-refractivity contribution is 6.30. The van der Waals surface area contributed by atoms with E-state index in [1.165, 1.54) is 0 Å². The van der Waals surface area contributed by atoms with E-state index in [1.54, 1.807) is 42.5 Å². The normalized spacial score (nSPS) is 9.76. The number of carbonyl (C=O) groups excluding carboxylic acids is 1. The van der Waals surface area contributed by atoms with E-state index in [0.717, 1.165) is 11.3 Å². The number of hydrogen-bond acceptors (Lipinski definition) is 2. The molecule has 0 bridgehead atoms. The smallest absolute Gasteiger partial charge is 0.255 e. The molecule has 2 aromatic rings. The number of benzene rings is 2. The molecule has 0 heterocycles. The van der Waals surface area contributed by atoms with Gasteiger partial charge in [-0.2, -0.15) is 0 Å². The van der Waals surface area contributed by atoms with Gasteiger partial charge in [-0.1, -0.05) is 17.5 Å². The van der Waals surface area contributed by atoms with E-state index in [4.69, 9.17) is 22.8 Å². The average Bonchev–Trinajstić information content (AvgIpc) is 2.48. The number of aryl methyl sites for hydroxylation is 1. The maximum atomic E-state index is 12.2. The number of ether oxygens (including phenoxy) is 1. The second-order valence-corrected chi connectivity index (χ2v) is 4.87. The summed E-state index contributed by atoms with van der Waals surface area (Å²) in [6.07, 6.45) is 5.12. The minimum Gasteiger partial charge on any atom is -0.481 e. The molecule has 1 N–H and O–H groups in total. The van der Waals surface area contributed by atoms with Crippen molar-refractivity contribution in [3.05, 3.63) is 58.6 Å². The number of anilines is 1. The molecule has 0 aliphatic heterocycles. The Morgan fingerprint density at radius 2 is 2.00 bits per heavy atom. The van der Waals surface area contributed by atoms with Crippen LogP contribution in [-0.2, 0) is 0 Å². The first-order valence-corrected chi connectivity index (χ1v) is 6.72. The summed E-state index contributed by atoms with van der Waals surface area (Å²) < 4.78 is 5.26. The van der Waals surface area contributed by atoms with Gasteiger partial charge in [-0.3, -0.25) is 4.79 Å². The first kappa shape index (κ1) is 15.0. The van der Waals surface area contributed by atoms with E-state index in [1.807, 2.05) is 6.92 Å². The zero-order valence-corrected chi connectivity index (χ0v) is 12.3. The Hall–Kier alpha value is -2.44. The highest BCUT2D eigenvalue weighted by atomic mass is 35.5. The van der Waals surface area contributed by atoms with Gasteiger partial charge in [0.05, 0.1) is 0 Å². The molecule has 2 rings (SSSR count). The largest absolute Gasteiger partial charge is 0.481 e. The fourth-order valence-electron chi connectivity index (χ4n) is 1.79. The summed E-state index contributed by atoms with van der Waals surface area (Å²) in [5.41, 5.74) is 2.18. The Labute approximate surface area is 128 Å². The van der Waals surface area contributed by atoms with E-state index in [9.17, 15) is 4.79 Å². The summed E-state index contributed by atoms with van der Waals surface area (Å²) in [7, 11) is 0. The molecule has 0 atom stereocenters. The van der Waals surface area contributed by atoms with Gasteiger partial charge in [0.15, 0.2) is 0 Å². The van der Waals surface area contributed by atoms with Gasteiger partial charge >= 0.3 is 0 Å². The Bertz CT molecular complexity index is 687. The van der Waals surface area contributed by atoms with Crippen molar-refractivity contribution in [2.24, 2.45) is 0 Å². The second-order valence-electron chi connectivity index (χ2n) is 4.43. The minimum atomic E-state index is -0.191. The summed E-state index contributed by atoms with van der Waals surface area (Å²) >= 11 is 5.89. The van der Waals surface area contributed by atoms with E-state index in [2.05, 4.69) is 11.2 Å². The molecule has 3 nitrogen and oxygen atoms in total. The molecule has 0 radical (unpaired) electrons. The molecular formula is C17H14ClNO2. The fourth-order valence-corrected chi connectivity index (χ4v) is 2.02. The number of carbonyl (C=O) groups is 1. The predicted molar refractivity (Wildman–Crippen MR) is 84.9 cm³/mol. The monoisotopic (exact) mass is 299 g/mol. The molecule has 106 valence electrons. The highest BCUT2D eigenvalue weighted by Gasteiger charge is 2.08. The molecule has 4 heteroatoms. The highest BCUT2D eigenvalue weighted by Crippen LogP contribution is 2.20. The van der Waals surface area contributed by atoms with Crippen molar-refractivity contribution < 1.29 is 9.53 Å². The topological polar surface area (TPSA) is 38.3 Å². The van der Waals surface area contributed by atoms with Gasteiger partial charge in [0.2, 0.25) is 0 Å². The summed E-state index contributed by atoms with van der Waals surface area (Å²) in [5.74, 6) is 2.83.